The fourth-order valence-electron chi connectivity index (χ4n) is 3.37. The van der Waals surface area contributed by atoms with E-state index in [1.54, 1.807) is 0 Å². The first-order valence-corrected chi connectivity index (χ1v) is 5.57. The number of hydrogen-bond donors (Lipinski definition) is 2. The van der Waals surface area contributed by atoms with E-state index < -0.39 is 0 Å². The predicted molar refractivity (Wildman–Crippen MR) is 51.3 cm³/mol. The third-order valence-electron chi connectivity index (χ3n) is 4.32. The van der Waals surface area contributed by atoms with Gasteiger partial charge in [0.2, 0.25) is 0 Å². The first-order valence-electron chi connectivity index (χ1n) is 5.57. The first-order chi connectivity index (χ1) is 6.20. The number of hydrogen-bond acceptors (Lipinski definition) is 2. The Morgan fingerprint density at radius 2 is 2.00 bits per heavy atom. The van der Waals surface area contributed by atoms with Crippen molar-refractivity contribution < 1.29 is 10.2 Å². The van der Waals surface area contributed by atoms with Crippen LogP contribution in [0.4, 0.5) is 0 Å². The third-order valence-corrected chi connectivity index (χ3v) is 4.32. The van der Waals surface area contributed by atoms with Crippen molar-refractivity contribution in [2.24, 2.45) is 11.3 Å². The van der Waals surface area contributed by atoms with Gasteiger partial charge in [-0.3, -0.25) is 0 Å². The maximum atomic E-state index is 10.1. The van der Waals surface area contributed by atoms with Crippen molar-refractivity contribution in [2.75, 3.05) is 0 Å². The SMILES string of the molecule is CCC1CCC2(CCCC2O)C1O. The minimum Gasteiger partial charge on any atom is -0.392 e. The van der Waals surface area contributed by atoms with E-state index in [4.69, 9.17) is 0 Å². The third kappa shape index (κ3) is 1.23. The molecule has 0 aromatic rings. The van der Waals surface area contributed by atoms with Crippen LogP contribution < -0.4 is 0 Å². The average Bonchev–Trinajstić information content (AvgIpc) is 2.63. The summed E-state index contributed by atoms with van der Waals surface area (Å²) in [7, 11) is 0. The molecule has 2 aliphatic carbocycles. The molecule has 0 heterocycles. The molecule has 2 heteroatoms. The highest BCUT2D eigenvalue weighted by atomic mass is 16.3. The zero-order chi connectivity index (χ0) is 9.47. The molecule has 0 aliphatic heterocycles. The number of rotatable bonds is 1. The lowest BCUT2D eigenvalue weighted by atomic mass is 9.79. The van der Waals surface area contributed by atoms with Crippen LogP contribution in [-0.2, 0) is 0 Å². The summed E-state index contributed by atoms with van der Waals surface area (Å²) in [5.41, 5.74) is -0.110. The Morgan fingerprint density at radius 1 is 1.23 bits per heavy atom. The molecule has 0 bridgehead atoms. The molecule has 0 radical (unpaired) electrons. The lowest BCUT2D eigenvalue weighted by Crippen LogP contribution is -2.39. The molecule has 2 aliphatic rings. The van der Waals surface area contributed by atoms with E-state index in [2.05, 4.69) is 6.92 Å². The summed E-state index contributed by atoms with van der Waals surface area (Å²) in [6, 6.07) is 0. The van der Waals surface area contributed by atoms with Crippen molar-refractivity contribution in [2.45, 2.75) is 57.7 Å². The van der Waals surface area contributed by atoms with E-state index in [9.17, 15) is 10.2 Å². The summed E-state index contributed by atoms with van der Waals surface area (Å²) in [5.74, 6) is 0.438. The molecule has 0 aromatic heterocycles. The summed E-state index contributed by atoms with van der Waals surface area (Å²) in [6.07, 6.45) is 5.74. The highest BCUT2D eigenvalue weighted by Gasteiger charge is 2.53. The molecule has 0 amide bonds. The minimum absolute atomic E-state index is 0.110. The van der Waals surface area contributed by atoms with E-state index in [1.165, 1.54) is 0 Å². The molecule has 1 spiro atoms. The predicted octanol–water partition coefficient (Wildman–Crippen LogP) is 1.70. The molecule has 2 saturated carbocycles. The summed E-state index contributed by atoms with van der Waals surface area (Å²) in [6.45, 7) is 2.13. The van der Waals surface area contributed by atoms with Gasteiger partial charge in [0, 0.05) is 5.41 Å². The molecule has 0 aromatic carbocycles. The van der Waals surface area contributed by atoms with E-state index in [1.807, 2.05) is 0 Å². The fraction of sp³-hybridized carbons (Fsp3) is 1.00. The van der Waals surface area contributed by atoms with Crippen molar-refractivity contribution >= 4 is 0 Å². The maximum absolute atomic E-state index is 10.1. The van der Waals surface area contributed by atoms with Gasteiger partial charge in [-0.25, -0.2) is 0 Å². The summed E-state index contributed by atoms with van der Waals surface area (Å²) in [4.78, 5) is 0. The molecule has 76 valence electrons. The van der Waals surface area contributed by atoms with Crippen molar-refractivity contribution in [3.63, 3.8) is 0 Å². The molecular formula is C11H20O2. The summed E-state index contributed by atoms with van der Waals surface area (Å²) >= 11 is 0. The van der Waals surface area contributed by atoms with Crippen LogP contribution in [0.25, 0.3) is 0 Å². The molecule has 2 fully saturated rings. The Labute approximate surface area is 80.0 Å². The van der Waals surface area contributed by atoms with Gasteiger partial charge in [-0.2, -0.15) is 0 Å². The fourth-order valence-corrected chi connectivity index (χ4v) is 3.37. The zero-order valence-electron chi connectivity index (χ0n) is 8.37. The van der Waals surface area contributed by atoms with Crippen LogP contribution in [0.3, 0.4) is 0 Å². The first kappa shape index (κ1) is 9.47. The highest BCUT2D eigenvalue weighted by Crippen LogP contribution is 2.53. The molecule has 4 unspecified atom stereocenters. The summed E-state index contributed by atoms with van der Waals surface area (Å²) < 4.78 is 0. The van der Waals surface area contributed by atoms with Crippen LogP contribution in [0, 0.1) is 11.3 Å². The Morgan fingerprint density at radius 3 is 2.46 bits per heavy atom. The number of aliphatic hydroxyl groups is 2. The highest BCUT2D eigenvalue weighted by molar-refractivity contribution is 5.03. The monoisotopic (exact) mass is 184 g/mol. The van der Waals surface area contributed by atoms with Crippen LogP contribution in [0.15, 0.2) is 0 Å². The quantitative estimate of drug-likeness (QED) is 0.651. The van der Waals surface area contributed by atoms with Gasteiger partial charge in [-0.15, -0.1) is 0 Å². The Kier molecular flexibility index (Phi) is 2.37. The Balaban J connectivity index is 2.15. The van der Waals surface area contributed by atoms with Gasteiger partial charge >= 0.3 is 0 Å². The minimum atomic E-state index is -0.241. The van der Waals surface area contributed by atoms with Gasteiger partial charge in [-0.1, -0.05) is 19.8 Å². The van der Waals surface area contributed by atoms with E-state index in [-0.39, 0.29) is 17.6 Å². The molecule has 2 N–H and O–H groups in total. The van der Waals surface area contributed by atoms with Crippen molar-refractivity contribution in [3.05, 3.63) is 0 Å². The largest absolute Gasteiger partial charge is 0.392 e. The van der Waals surface area contributed by atoms with Gasteiger partial charge in [0.1, 0.15) is 0 Å². The molecular weight excluding hydrogens is 164 g/mol. The second-order valence-electron chi connectivity index (χ2n) is 4.79. The van der Waals surface area contributed by atoms with Crippen LogP contribution in [-0.4, -0.2) is 22.4 Å². The lowest BCUT2D eigenvalue weighted by Gasteiger charge is -2.33. The average molecular weight is 184 g/mol. The van der Waals surface area contributed by atoms with Crippen molar-refractivity contribution in [3.8, 4) is 0 Å². The standard InChI is InChI=1S/C11H20O2/c1-2-8-5-7-11(10(8)13)6-3-4-9(11)12/h8-10,12-13H,2-7H2,1H3. The Hall–Kier alpha value is -0.0800. The van der Waals surface area contributed by atoms with Crippen LogP contribution >= 0.6 is 0 Å². The zero-order valence-corrected chi connectivity index (χ0v) is 8.37. The topological polar surface area (TPSA) is 40.5 Å². The number of aliphatic hydroxyl groups excluding tert-OH is 2. The van der Waals surface area contributed by atoms with Crippen LogP contribution in [0.1, 0.15) is 45.4 Å². The molecule has 2 rings (SSSR count). The van der Waals surface area contributed by atoms with Gasteiger partial charge in [-0.05, 0) is 31.6 Å². The molecule has 0 saturated heterocycles. The van der Waals surface area contributed by atoms with Gasteiger partial charge in [0.05, 0.1) is 12.2 Å². The summed E-state index contributed by atoms with van der Waals surface area (Å²) in [5, 5.41) is 20.1. The molecule has 4 atom stereocenters. The van der Waals surface area contributed by atoms with Crippen molar-refractivity contribution in [1.29, 1.82) is 0 Å². The van der Waals surface area contributed by atoms with Gasteiger partial charge in [0.15, 0.2) is 0 Å². The van der Waals surface area contributed by atoms with Crippen molar-refractivity contribution in [1.82, 2.24) is 0 Å². The van der Waals surface area contributed by atoms with Gasteiger partial charge in [0.25, 0.3) is 0 Å². The Bertz CT molecular complexity index is 193. The van der Waals surface area contributed by atoms with E-state index >= 15 is 0 Å². The van der Waals surface area contributed by atoms with Crippen LogP contribution in [0.2, 0.25) is 0 Å². The van der Waals surface area contributed by atoms with Crippen LogP contribution in [0.5, 0.6) is 0 Å². The smallest absolute Gasteiger partial charge is 0.0649 e. The normalized spacial score (nSPS) is 50.5. The molecule has 13 heavy (non-hydrogen) atoms. The lowest BCUT2D eigenvalue weighted by molar-refractivity contribution is -0.0457. The van der Waals surface area contributed by atoms with Gasteiger partial charge < -0.3 is 10.2 Å². The van der Waals surface area contributed by atoms with E-state index in [0.717, 1.165) is 38.5 Å². The second kappa shape index (κ2) is 3.25. The second-order valence-corrected chi connectivity index (χ2v) is 4.79. The maximum Gasteiger partial charge on any atom is 0.0649 e. The van der Waals surface area contributed by atoms with E-state index in [0.29, 0.717) is 5.92 Å². The molecule has 2 nitrogen and oxygen atoms in total.